The third kappa shape index (κ3) is 6.70. The lowest BCUT2D eigenvalue weighted by Crippen LogP contribution is -2.45. The maximum Gasteiger partial charge on any atom is 0.234 e. The molecule has 1 saturated heterocycles. The van der Waals surface area contributed by atoms with Crippen molar-refractivity contribution in [1.82, 2.24) is 30.0 Å². The summed E-state index contributed by atoms with van der Waals surface area (Å²) in [6, 6.07) is 9.65. The Bertz CT molecular complexity index is 1150. The summed E-state index contributed by atoms with van der Waals surface area (Å²) in [6.07, 6.45) is 0.444. The highest BCUT2D eigenvalue weighted by Gasteiger charge is 2.20. The number of carbonyl (C=O) groups excluding carboxylic acids is 1. The summed E-state index contributed by atoms with van der Waals surface area (Å²) < 4.78 is 0. The maximum absolute atomic E-state index is 11.6. The number of hydrogen-bond donors (Lipinski definition) is 3. The van der Waals surface area contributed by atoms with Crippen molar-refractivity contribution in [3.63, 3.8) is 0 Å². The van der Waals surface area contributed by atoms with E-state index in [1.54, 1.807) is 0 Å². The van der Waals surface area contributed by atoms with E-state index in [1.807, 2.05) is 37.3 Å². The average Bonchev–Trinajstić information content (AvgIpc) is 3.30. The molecule has 2 aromatic heterocycles. The van der Waals surface area contributed by atoms with Crippen LogP contribution in [0.5, 0.6) is 0 Å². The molecular formula is C24H33N9OS. The molecule has 0 spiro atoms. The van der Waals surface area contributed by atoms with E-state index in [2.05, 4.69) is 63.4 Å². The molecule has 0 saturated carbocycles. The van der Waals surface area contributed by atoms with Crippen molar-refractivity contribution in [2.24, 2.45) is 0 Å². The first-order chi connectivity index (χ1) is 16.7. The minimum atomic E-state index is -0.0409. The van der Waals surface area contributed by atoms with Crippen LogP contribution >= 0.6 is 11.8 Å². The van der Waals surface area contributed by atoms with Crippen molar-refractivity contribution in [3.8, 4) is 0 Å². The Kier molecular flexibility index (Phi) is 7.56. The summed E-state index contributed by atoms with van der Waals surface area (Å²) in [5.74, 6) is 1.76. The molecule has 1 fully saturated rings. The van der Waals surface area contributed by atoms with Crippen LogP contribution in [0.3, 0.4) is 0 Å². The van der Waals surface area contributed by atoms with E-state index in [1.165, 1.54) is 11.8 Å². The standard InChI is InChI=1S/C24H33N9OS/c1-6-20(34)25-16-7-9-17(10-8-16)35-23-28-21(26-19-15-18(30-31-19)24(2,3)4)27-22(29-23)33-13-11-32(5)12-14-33/h7-10,15H,6,11-14H2,1-5H3,(H,25,34)(H2,26,27,28,29,30,31). The molecule has 1 aliphatic heterocycles. The van der Waals surface area contributed by atoms with Gasteiger partial charge in [0.05, 0.1) is 0 Å². The Morgan fingerprint density at radius 2 is 1.80 bits per heavy atom. The van der Waals surface area contributed by atoms with Crippen LogP contribution in [-0.2, 0) is 10.2 Å². The largest absolute Gasteiger partial charge is 0.338 e. The Hall–Kier alpha value is -3.18. The fourth-order valence-corrected chi connectivity index (χ4v) is 4.18. The van der Waals surface area contributed by atoms with Gasteiger partial charge in [0.25, 0.3) is 0 Å². The summed E-state index contributed by atoms with van der Waals surface area (Å²) in [6.45, 7) is 11.8. The van der Waals surface area contributed by atoms with Crippen LogP contribution in [0.4, 0.5) is 23.4 Å². The maximum atomic E-state index is 11.6. The number of carbonyl (C=O) groups is 1. The summed E-state index contributed by atoms with van der Waals surface area (Å²) in [4.78, 5) is 31.2. The van der Waals surface area contributed by atoms with Crippen LogP contribution in [-0.4, -0.2) is 69.2 Å². The normalized spacial score (nSPS) is 14.7. The number of nitrogens with one attached hydrogen (secondary N) is 3. The molecule has 0 bridgehead atoms. The Balaban J connectivity index is 1.57. The van der Waals surface area contributed by atoms with Gasteiger partial charge in [-0.25, -0.2) is 0 Å². The number of piperazine rings is 1. The first-order valence-electron chi connectivity index (χ1n) is 11.8. The third-order valence-corrected chi connectivity index (χ3v) is 6.56. The van der Waals surface area contributed by atoms with Gasteiger partial charge in [0.2, 0.25) is 17.8 Å². The van der Waals surface area contributed by atoms with Crippen molar-refractivity contribution in [1.29, 1.82) is 0 Å². The first kappa shape index (κ1) is 24.9. The molecule has 4 rings (SSSR count). The van der Waals surface area contributed by atoms with Gasteiger partial charge in [-0.1, -0.05) is 27.7 Å². The summed E-state index contributed by atoms with van der Waals surface area (Å²) in [5.41, 5.74) is 1.75. The molecule has 3 aromatic rings. The second-order valence-electron chi connectivity index (χ2n) is 9.60. The number of anilines is 4. The van der Waals surface area contributed by atoms with Crippen molar-refractivity contribution in [2.45, 2.75) is 49.6 Å². The molecule has 11 heteroatoms. The molecule has 1 aromatic carbocycles. The molecule has 0 radical (unpaired) electrons. The number of hydrogen-bond acceptors (Lipinski definition) is 9. The van der Waals surface area contributed by atoms with Gasteiger partial charge >= 0.3 is 0 Å². The van der Waals surface area contributed by atoms with Crippen LogP contribution < -0.4 is 15.5 Å². The zero-order valence-corrected chi connectivity index (χ0v) is 21.7. The van der Waals surface area contributed by atoms with Crippen LogP contribution in [0.1, 0.15) is 39.8 Å². The van der Waals surface area contributed by atoms with Crippen LogP contribution in [0.15, 0.2) is 40.4 Å². The van der Waals surface area contributed by atoms with Gasteiger partial charge in [0.1, 0.15) is 0 Å². The SMILES string of the molecule is CCC(=O)Nc1ccc(Sc2nc(Nc3cc(C(C)(C)C)[nH]n3)nc(N3CCN(C)CC3)n2)cc1. The topological polar surface area (TPSA) is 115 Å². The highest BCUT2D eigenvalue weighted by molar-refractivity contribution is 7.99. The minimum Gasteiger partial charge on any atom is -0.338 e. The van der Waals surface area contributed by atoms with Crippen molar-refractivity contribution >= 4 is 41.1 Å². The van der Waals surface area contributed by atoms with E-state index in [4.69, 9.17) is 9.97 Å². The molecule has 186 valence electrons. The second kappa shape index (κ2) is 10.6. The van der Waals surface area contributed by atoms with Gasteiger partial charge in [0, 0.05) is 60.4 Å². The predicted octanol–water partition coefficient (Wildman–Crippen LogP) is 3.89. The number of nitrogens with zero attached hydrogens (tertiary/aromatic N) is 6. The molecule has 10 nitrogen and oxygen atoms in total. The van der Waals surface area contributed by atoms with Gasteiger partial charge in [-0.15, -0.1) is 0 Å². The number of aromatic amines is 1. The van der Waals surface area contributed by atoms with Gasteiger partial charge in [-0.05, 0) is 43.1 Å². The number of benzene rings is 1. The highest BCUT2D eigenvalue weighted by Crippen LogP contribution is 2.29. The predicted molar refractivity (Wildman–Crippen MR) is 140 cm³/mol. The molecule has 0 aliphatic carbocycles. The van der Waals surface area contributed by atoms with E-state index in [9.17, 15) is 4.79 Å². The zero-order chi connectivity index (χ0) is 25.0. The summed E-state index contributed by atoms with van der Waals surface area (Å²) in [7, 11) is 2.12. The van der Waals surface area contributed by atoms with E-state index >= 15 is 0 Å². The molecule has 3 N–H and O–H groups in total. The second-order valence-corrected chi connectivity index (χ2v) is 10.6. The number of likely N-dealkylation sites (N-methyl/N-ethyl adjacent to an activating group) is 1. The quantitative estimate of drug-likeness (QED) is 0.449. The van der Waals surface area contributed by atoms with Gasteiger partial charge in [0.15, 0.2) is 11.0 Å². The third-order valence-electron chi connectivity index (χ3n) is 5.68. The number of H-pyrrole nitrogens is 1. The highest BCUT2D eigenvalue weighted by atomic mass is 32.2. The Morgan fingerprint density at radius 3 is 2.43 bits per heavy atom. The number of amides is 1. The monoisotopic (exact) mass is 495 g/mol. The number of rotatable bonds is 7. The van der Waals surface area contributed by atoms with E-state index in [0.29, 0.717) is 29.3 Å². The molecule has 3 heterocycles. The van der Waals surface area contributed by atoms with Crippen LogP contribution in [0, 0.1) is 0 Å². The van der Waals surface area contributed by atoms with Gasteiger partial charge in [-0.2, -0.15) is 20.1 Å². The molecular weight excluding hydrogens is 462 g/mol. The fourth-order valence-electron chi connectivity index (χ4n) is 3.44. The first-order valence-corrected chi connectivity index (χ1v) is 12.6. The molecule has 1 aliphatic rings. The van der Waals surface area contributed by atoms with Crippen LogP contribution in [0.2, 0.25) is 0 Å². The van der Waals surface area contributed by atoms with Crippen LogP contribution in [0.25, 0.3) is 0 Å². The Morgan fingerprint density at radius 1 is 1.09 bits per heavy atom. The molecule has 35 heavy (non-hydrogen) atoms. The van der Waals surface area contributed by atoms with Crippen molar-refractivity contribution < 1.29 is 4.79 Å². The lowest BCUT2D eigenvalue weighted by molar-refractivity contribution is -0.115. The minimum absolute atomic E-state index is 0.0108. The van der Waals surface area contributed by atoms with E-state index < -0.39 is 0 Å². The van der Waals surface area contributed by atoms with Gasteiger partial charge in [-0.3, -0.25) is 9.89 Å². The summed E-state index contributed by atoms with van der Waals surface area (Å²) in [5, 5.41) is 14.2. The lowest BCUT2D eigenvalue weighted by Gasteiger charge is -2.32. The summed E-state index contributed by atoms with van der Waals surface area (Å²) >= 11 is 1.45. The smallest absolute Gasteiger partial charge is 0.234 e. The number of aromatic nitrogens is 5. The van der Waals surface area contributed by atoms with Gasteiger partial charge < -0.3 is 20.4 Å². The molecule has 0 atom stereocenters. The zero-order valence-electron chi connectivity index (χ0n) is 20.9. The fraction of sp³-hybridized carbons (Fsp3) is 0.458. The Labute approximate surface area is 210 Å². The lowest BCUT2D eigenvalue weighted by atomic mass is 9.92. The van der Waals surface area contributed by atoms with E-state index in [0.717, 1.165) is 42.5 Å². The van der Waals surface area contributed by atoms with E-state index in [-0.39, 0.29) is 11.3 Å². The average molecular weight is 496 g/mol. The molecule has 0 unspecified atom stereocenters. The van der Waals surface area contributed by atoms with Crippen molar-refractivity contribution in [2.75, 3.05) is 48.8 Å². The van der Waals surface area contributed by atoms with Crippen molar-refractivity contribution in [3.05, 3.63) is 36.0 Å². The molecule has 1 amide bonds.